The molecular formula is C29H23F2N5O3. The van der Waals surface area contributed by atoms with Crippen molar-refractivity contribution in [1.29, 1.82) is 0 Å². The molecule has 8 nitrogen and oxygen atoms in total. The molecule has 196 valence electrons. The number of hydrogen-bond donors (Lipinski definition) is 4. The summed E-state index contributed by atoms with van der Waals surface area (Å²) < 4.78 is 28.0. The zero-order valence-electron chi connectivity index (χ0n) is 20.5. The molecule has 10 heteroatoms. The number of phenols is 1. The number of hydrogen-bond acceptors (Lipinski definition) is 5. The highest BCUT2D eigenvalue weighted by Gasteiger charge is 2.23. The van der Waals surface area contributed by atoms with E-state index in [0.29, 0.717) is 33.3 Å². The van der Waals surface area contributed by atoms with Gasteiger partial charge in [-0.05, 0) is 65.6 Å². The third-order valence-electron chi connectivity index (χ3n) is 6.33. The number of nitrogens with two attached hydrogens (primary N) is 1. The molecule has 0 saturated carbocycles. The number of amides is 2. The minimum atomic E-state index is -0.812. The summed E-state index contributed by atoms with van der Waals surface area (Å²) in [4.78, 5) is 36.7. The summed E-state index contributed by atoms with van der Waals surface area (Å²) in [5.41, 5.74) is 8.94. The Morgan fingerprint density at radius 3 is 2.62 bits per heavy atom. The van der Waals surface area contributed by atoms with Crippen LogP contribution in [0.3, 0.4) is 0 Å². The van der Waals surface area contributed by atoms with Gasteiger partial charge < -0.3 is 21.1 Å². The number of aromatic hydroxyl groups is 1. The Hall–Kier alpha value is -5.12. The molecule has 0 aliphatic heterocycles. The smallest absolute Gasteiger partial charge is 0.248 e. The highest BCUT2D eigenvalue weighted by Crippen LogP contribution is 2.30. The first kappa shape index (κ1) is 25.5. The van der Waals surface area contributed by atoms with Crippen LogP contribution in [0.2, 0.25) is 0 Å². The molecule has 1 unspecified atom stereocenters. The van der Waals surface area contributed by atoms with E-state index >= 15 is 0 Å². The number of primary amides is 1. The molecule has 0 radical (unpaired) electrons. The van der Waals surface area contributed by atoms with Gasteiger partial charge in [-0.1, -0.05) is 12.1 Å². The highest BCUT2D eigenvalue weighted by atomic mass is 19.1. The maximum Gasteiger partial charge on any atom is 0.248 e. The van der Waals surface area contributed by atoms with E-state index in [2.05, 4.69) is 20.3 Å². The number of carbonyl (C=O) groups excluding carboxylic acids is 2. The molecule has 2 aromatic heterocycles. The van der Waals surface area contributed by atoms with E-state index in [1.165, 1.54) is 24.7 Å². The van der Waals surface area contributed by atoms with Gasteiger partial charge in [0.2, 0.25) is 11.8 Å². The molecule has 0 aliphatic carbocycles. The number of rotatable bonds is 8. The number of aromatic amines is 1. The van der Waals surface area contributed by atoms with Crippen LogP contribution in [-0.2, 0) is 17.6 Å². The van der Waals surface area contributed by atoms with Gasteiger partial charge in [0, 0.05) is 40.5 Å². The number of phenolic OH excluding ortho intramolecular Hbond substituents is 1. The van der Waals surface area contributed by atoms with Gasteiger partial charge in [-0.2, -0.15) is 0 Å². The van der Waals surface area contributed by atoms with Gasteiger partial charge in [-0.3, -0.25) is 9.59 Å². The molecule has 1 atom stereocenters. The van der Waals surface area contributed by atoms with E-state index in [-0.39, 0.29) is 30.1 Å². The van der Waals surface area contributed by atoms with Crippen molar-refractivity contribution in [2.45, 2.75) is 18.9 Å². The summed E-state index contributed by atoms with van der Waals surface area (Å²) in [6.45, 7) is 0. The molecule has 5 aromatic rings. The fourth-order valence-electron chi connectivity index (χ4n) is 4.59. The molecule has 0 spiro atoms. The second-order valence-electron chi connectivity index (χ2n) is 9.09. The lowest BCUT2D eigenvalue weighted by Crippen LogP contribution is -2.32. The quantitative estimate of drug-likeness (QED) is 0.238. The largest absolute Gasteiger partial charge is 0.508 e. The molecule has 0 saturated heterocycles. The number of nitrogens with one attached hydrogen (secondary N) is 2. The number of halogens is 2. The lowest BCUT2D eigenvalue weighted by molar-refractivity contribution is -0.121. The van der Waals surface area contributed by atoms with Crippen molar-refractivity contribution in [2.75, 3.05) is 0 Å². The zero-order valence-corrected chi connectivity index (χ0v) is 20.5. The van der Waals surface area contributed by atoms with E-state index in [4.69, 9.17) is 5.73 Å². The average Bonchev–Trinajstić information content (AvgIpc) is 3.29. The summed E-state index contributed by atoms with van der Waals surface area (Å²) in [5, 5.41) is 13.5. The second kappa shape index (κ2) is 10.7. The maximum absolute atomic E-state index is 14.0. The normalized spacial score (nSPS) is 11.8. The Bertz CT molecular complexity index is 1680. The third kappa shape index (κ3) is 5.74. The van der Waals surface area contributed by atoms with Gasteiger partial charge >= 0.3 is 0 Å². The van der Waals surface area contributed by atoms with Crippen LogP contribution in [0.1, 0.15) is 33.2 Å². The van der Waals surface area contributed by atoms with E-state index < -0.39 is 23.6 Å². The molecule has 5 rings (SSSR count). The summed E-state index contributed by atoms with van der Waals surface area (Å²) in [6, 6.07) is 13.7. The van der Waals surface area contributed by atoms with Crippen molar-refractivity contribution >= 4 is 22.7 Å². The number of H-pyrrole nitrogens is 1. The summed E-state index contributed by atoms with van der Waals surface area (Å²) in [7, 11) is 0. The number of benzene rings is 3. The van der Waals surface area contributed by atoms with Gasteiger partial charge in [0.15, 0.2) is 0 Å². The van der Waals surface area contributed by atoms with Crippen LogP contribution in [-0.4, -0.2) is 31.9 Å². The van der Waals surface area contributed by atoms with Crippen LogP contribution in [0.25, 0.3) is 22.0 Å². The Morgan fingerprint density at radius 1 is 1.05 bits per heavy atom. The summed E-state index contributed by atoms with van der Waals surface area (Å²) in [5.74, 6) is -2.41. The molecule has 0 fully saturated rings. The molecule has 3 aromatic carbocycles. The number of nitrogens with zero attached hydrogens (tertiary/aromatic N) is 2. The van der Waals surface area contributed by atoms with Crippen LogP contribution in [0, 0.1) is 11.6 Å². The minimum Gasteiger partial charge on any atom is -0.508 e. The molecule has 0 aliphatic rings. The van der Waals surface area contributed by atoms with E-state index in [0.717, 1.165) is 11.6 Å². The Balaban J connectivity index is 1.52. The van der Waals surface area contributed by atoms with Crippen LogP contribution >= 0.6 is 0 Å². The lowest BCUT2D eigenvalue weighted by atomic mass is 9.95. The Kier molecular flexibility index (Phi) is 7.00. The predicted octanol–water partition coefficient (Wildman–Crippen LogP) is 4.35. The minimum absolute atomic E-state index is 0.0224. The first-order valence-corrected chi connectivity index (χ1v) is 12.0. The van der Waals surface area contributed by atoms with Gasteiger partial charge in [0.25, 0.3) is 0 Å². The first-order valence-electron chi connectivity index (χ1n) is 12.0. The van der Waals surface area contributed by atoms with Crippen molar-refractivity contribution in [3.05, 3.63) is 113 Å². The van der Waals surface area contributed by atoms with Crippen molar-refractivity contribution in [3.8, 4) is 16.9 Å². The van der Waals surface area contributed by atoms with Crippen molar-refractivity contribution in [3.63, 3.8) is 0 Å². The lowest BCUT2D eigenvalue weighted by Gasteiger charge is -2.21. The monoisotopic (exact) mass is 527 g/mol. The molecule has 2 heterocycles. The topological polar surface area (TPSA) is 134 Å². The Labute approximate surface area is 221 Å². The van der Waals surface area contributed by atoms with Crippen molar-refractivity contribution in [1.82, 2.24) is 20.3 Å². The second-order valence-corrected chi connectivity index (χ2v) is 9.09. The molecule has 2 amide bonds. The number of fused-ring (bicyclic) bond motifs is 1. The third-order valence-corrected chi connectivity index (χ3v) is 6.33. The maximum atomic E-state index is 14.0. The molecular weight excluding hydrogens is 504 g/mol. The predicted molar refractivity (Wildman–Crippen MR) is 141 cm³/mol. The van der Waals surface area contributed by atoms with Crippen LogP contribution in [0.5, 0.6) is 5.75 Å². The van der Waals surface area contributed by atoms with Gasteiger partial charge in [-0.15, -0.1) is 0 Å². The molecule has 5 N–H and O–H groups in total. The number of aromatic nitrogens is 3. The van der Waals surface area contributed by atoms with Crippen LogP contribution < -0.4 is 11.1 Å². The molecule has 39 heavy (non-hydrogen) atoms. The summed E-state index contributed by atoms with van der Waals surface area (Å²) >= 11 is 0. The standard InChI is InChI=1S/C29H23F2N5O3/c30-20-6-16(7-21(31)11-20)8-26(36-27(38)10-19-13-34-25-5-4-22(37)12-23(19)25)28-24(14-33-15-35-28)17-2-1-3-18(9-17)29(32)39/h1-7,9,11-15,26,34,37H,8,10H2,(H2,32,39)(H,36,38). The fourth-order valence-corrected chi connectivity index (χ4v) is 4.59. The van der Waals surface area contributed by atoms with Crippen LogP contribution in [0.15, 0.2) is 79.4 Å². The van der Waals surface area contributed by atoms with Gasteiger partial charge in [-0.25, -0.2) is 18.7 Å². The van der Waals surface area contributed by atoms with Crippen LogP contribution in [0.4, 0.5) is 8.78 Å². The summed E-state index contributed by atoms with van der Waals surface area (Å²) in [6.07, 6.45) is 4.52. The van der Waals surface area contributed by atoms with E-state index in [1.807, 2.05) is 0 Å². The average molecular weight is 528 g/mol. The van der Waals surface area contributed by atoms with E-state index in [1.54, 1.807) is 48.7 Å². The first-order chi connectivity index (χ1) is 18.8. The SMILES string of the molecule is NC(=O)c1cccc(-c2cncnc2C(Cc2cc(F)cc(F)c2)NC(=O)Cc2c[nH]c3ccc(O)cc23)c1. The van der Waals surface area contributed by atoms with Crippen molar-refractivity contribution < 1.29 is 23.5 Å². The highest BCUT2D eigenvalue weighted by molar-refractivity contribution is 5.94. The van der Waals surface area contributed by atoms with Gasteiger partial charge in [0.1, 0.15) is 23.7 Å². The van der Waals surface area contributed by atoms with Gasteiger partial charge in [0.05, 0.1) is 18.2 Å². The Morgan fingerprint density at radius 2 is 1.85 bits per heavy atom. The fraction of sp³-hybridized carbons (Fsp3) is 0.103. The van der Waals surface area contributed by atoms with E-state index in [9.17, 15) is 23.5 Å². The van der Waals surface area contributed by atoms with Crippen molar-refractivity contribution in [2.24, 2.45) is 5.73 Å². The molecule has 0 bridgehead atoms. The number of carbonyl (C=O) groups is 2. The zero-order chi connectivity index (χ0) is 27.5.